The van der Waals surface area contributed by atoms with Crippen LogP contribution >= 0.6 is 11.3 Å². The van der Waals surface area contributed by atoms with E-state index in [1.54, 1.807) is 0 Å². The molecule has 0 amide bonds. The van der Waals surface area contributed by atoms with Crippen LogP contribution in [0.1, 0.15) is 60.5 Å². The fourth-order valence-corrected chi connectivity index (χ4v) is 3.45. The number of hydrogen-bond acceptors (Lipinski definition) is 3. The van der Waals surface area contributed by atoms with Gasteiger partial charge in [-0.3, -0.25) is 0 Å². The van der Waals surface area contributed by atoms with Crippen molar-refractivity contribution in [2.45, 2.75) is 51.4 Å². The van der Waals surface area contributed by atoms with Gasteiger partial charge in [-0.1, -0.05) is 13.8 Å². The van der Waals surface area contributed by atoms with Gasteiger partial charge in [-0.25, -0.2) is 4.98 Å². The maximum Gasteiger partial charge on any atom is 0.0956 e. The molecule has 1 unspecified atom stereocenters. The van der Waals surface area contributed by atoms with Crippen LogP contribution in [0.4, 0.5) is 0 Å². The first kappa shape index (κ1) is 11.1. The maximum atomic E-state index is 5.66. The van der Waals surface area contributed by atoms with Crippen molar-refractivity contribution in [1.29, 1.82) is 0 Å². The molecule has 1 aromatic rings. The highest BCUT2D eigenvalue weighted by molar-refractivity contribution is 7.11. The van der Waals surface area contributed by atoms with Crippen molar-refractivity contribution in [3.8, 4) is 0 Å². The van der Waals surface area contributed by atoms with Gasteiger partial charge in [-0.05, 0) is 32.2 Å². The molecule has 15 heavy (non-hydrogen) atoms. The highest BCUT2D eigenvalue weighted by Gasteiger charge is 2.24. The van der Waals surface area contributed by atoms with Crippen LogP contribution in [0, 0.1) is 0 Å². The SMILES string of the molecule is CC(C)c1nc2c(s1)CCCC2CCN. The summed E-state index contributed by atoms with van der Waals surface area (Å²) in [5.74, 6) is 1.21. The Labute approximate surface area is 95.9 Å². The number of thiazole rings is 1. The van der Waals surface area contributed by atoms with Gasteiger partial charge in [0.05, 0.1) is 10.7 Å². The molecule has 0 radical (unpaired) electrons. The van der Waals surface area contributed by atoms with Gasteiger partial charge in [0.25, 0.3) is 0 Å². The van der Waals surface area contributed by atoms with Crippen molar-refractivity contribution in [2.24, 2.45) is 5.73 Å². The van der Waals surface area contributed by atoms with E-state index in [0.29, 0.717) is 11.8 Å². The Hall–Kier alpha value is -0.410. The van der Waals surface area contributed by atoms with Gasteiger partial charge in [0, 0.05) is 16.7 Å². The predicted octanol–water partition coefficient (Wildman–Crippen LogP) is 3.04. The number of fused-ring (bicyclic) bond motifs is 1. The van der Waals surface area contributed by atoms with Gasteiger partial charge in [-0.15, -0.1) is 11.3 Å². The summed E-state index contributed by atoms with van der Waals surface area (Å²) in [6.07, 6.45) is 4.94. The molecular weight excluding hydrogens is 204 g/mol. The second-order valence-corrected chi connectivity index (χ2v) is 5.80. The Morgan fingerprint density at radius 2 is 2.33 bits per heavy atom. The molecule has 2 nitrogen and oxygen atoms in total. The minimum atomic E-state index is 0.569. The van der Waals surface area contributed by atoms with Crippen LogP contribution in [0.25, 0.3) is 0 Å². The third kappa shape index (κ3) is 2.23. The lowest BCUT2D eigenvalue weighted by molar-refractivity contribution is 0.518. The third-order valence-corrected chi connectivity index (χ3v) is 4.53. The molecule has 1 atom stereocenters. The first-order valence-electron chi connectivity index (χ1n) is 5.92. The number of nitrogens with zero attached hydrogens (tertiary/aromatic N) is 1. The Morgan fingerprint density at radius 3 is 3.00 bits per heavy atom. The normalized spacial score (nSPS) is 20.7. The van der Waals surface area contributed by atoms with E-state index >= 15 is 0 Å². The molecule has 84 valence electrons. The van der Waals surface area contributed by atoms with Gasteiger partial charge in [-0.2, -0.15) is 0 Å². The first-order valence-corrected chi connectivity index (χ1v) is 6.73. The molecule has 1 heterocycles. The molecule has 2 rings (SSSR count). The summed E-state index contributed by atoms with van der Waals surface area (Å²) in [7, 11) is 0. The lowest BCUT2D eigenvalue weighted by atomic mass is 9.88. The highest BCUT2D eigenvalue weighted by atomic mass is 32.1. The summed E-state index contributed by atoms with van der Waals surface area (Å²) < 4.78 is 0. The molecule has 0 fully saturated rings. The van der Waals surface area contributed by atoms with Crippen LogP contribution in [-0.4, -0.2) is 11.5 Å². The maximum absolute atomic E-state index is 5.66. The second kappa shape index (κ2) is 4.62. The molecule has 0 spiro atoms. The fraction of sp³-hybridized carbons (Fsp3) is 0.750. The van der Waals surface area contributed by atoms with Crippen LogP contribution in [0.15, 0.2) is 0 Å². The molecule has 1 aromatic heterocycles. The van der Waals surface area contributed by atoms with Crippen LogP contribution in [0.2, 0.25) is 0 Å². The number of rotatable bonds is 3. The van der Waals surface area contributed by atoms with Crippen molar-refractivity contribution in [1.82, 2.24) is 4.98 Å². The standard InChI is InChI=1S/C12H20N2S/c1-8(2)12-14-11-9(6-7-13)4-3-5-10(11)15-12/h8-9H,3-7,13H2,1-2H3. The summed E-state index contributed by atoms with van der Waals surface area (Å²) >= 11 is 1.92. The first-order chi connectivity index (χ1) is 7.22. The molecule has 0 saturated heterocycles. The average Bonchev–Trinajstić information content (AvgIpc) is 2.63. The summed E-state index contributed by atoms with van der Waals surface area (Å²) in [6.45, 7) is 5.24. The van der Waals surface area contributed by atoms with Crippen molar-refractivity contribution in [3.05, 3.63) is 15.6 Å². The van der Waals surface area contributed by atoms with Gasteiger partial charge < -0.3 is 5.73 Å². The van der Waals surface area contributed by atoms with Crippen molar-refractivity contribution in [3.63, 3.8) is 0 Å². The van der Waals surface area contributed by atoms with Crippen LogP contribution in [0.3, 0.4) is 0 Å². The average molecular weight is 224 g/mol. The molecular formula is C12H20N2S. The molecule has 0 aliphatic heterocycles. The third-order valence-electron chi connectivity index (χ3n) is 3.10. The summed E-state index contributed by atoms with van der Waals surface area (Å²) in [6, 6.07) is 0. The molecule has 3 heteroatoms. The molecule has 0 aromatic carbocycles. The van der Waals surface area contributed by atoms with Gasteiger partial charge >= 0.3 is 0 Å². The summed E-state index contributed by atoms with van der Waals surface area (Å²) in [4.78, 5) is 6.34. The molecule has 0 saturated carbocycles. The Kier molecular flexibility index (Phi) is 3.42. The summed E-state index contributed by atoms with van der Waals surface area (Å²) in [5.41, 5.74) is 7.03. The number of nitrogens with two attached hydrogens (primary N) is 1. The van der Waals surface area contributed by atoms with Crippen LogP contribution in [0.5, 0.6) is 0 Å². The lowest BCUT2D eigenvalue weighted by Gasteiger charge is -2.20. The van der Waals surface area contributed by atoms with Crippen LogP contribution in [-0.2, 0) is 6.42 Å². The van der Waals surface area contributed by atoms with Gasteiger partial charge in [0.1, 0.15) is 0 Å². The van der Waals surface area contributed by atoms with Crippen LogP contribution < -0.4 is 5.73 Å². The zero-order valence-corrected chi connectivity index (χ0v) is 10.4. The second-order valence-electron chi connectivity index (χ2n) is 4.68. The minimum Gasteiger partial charge on any atom is -0.330 e. The smallest absolute Gasteiger partial charge is 0.0956 e. The fourth-order valence-electron chi connectivity index (χ4n) is 2.26. The van der Waals surface area contributed by atoms with E-state index < -0.39 is 0 Å². The molecule has 1 aliphatic rings. The van der Waals surface area contributed by atoms with E-state index in [0.717, 1.165) is 13.0 Å². The lowest BCUT2D eigenvalue weighted by Crippen LogP contribution is -2.13. The molecule has 1 aliphatic carbocycles. The zero-order valence-electron chi connectivity index (χ0n) is 9.62. The van der Waals surface area contributed by atoms with Crippen molar-refractivity contribution in [2.75, 3.05) is 6.54 Å². The van der Waals surface area contributed by atoms with E-state index in [1.165, 1.54) is 34.8 Å². The number of aromatic nitrogens is 1. The number of aryl methyl sites for hydroxylation is 1. The topological polar surface area (TPSA) is 38.9 Å². The van der Waals surface area contributed by atoms with Gasteiger partial charge in [0.2, 0.25) is 0 Å². The van der Waals surface area contributed by atoms with E-state index in [-0.39, 0.29) is 0 Å². The monoisotopic (exact) mass is 224 g/mol. The van der Waals surface area contributed by atoms with E-state index in [9.17, 15) is 0 Å². The Balaban J connectivity index is 2.26. The Bertz CT molecular complexity index is 330. The molecule has 2 N–H and O–H groups in total. The van der Waals surface area contributed by atoms with E-state index in [2.05, 4.69) is 13.8 Å². The van der Waals surface area contributed by atoms with Gasteiger partial charge in [0.15, 0.2) is 0 Å². The summed E-state index contributed by atoms with van der Waals surface area (Å²) in [5, 5.41) is 1.31. The van der Waals surface area contributed by atoms with E-state index in [4.69, 9.17) is 10.7 Å². The van der Waals surface area contributed by atoms with Crippen molar-refractivity contribution >= 4 is 11.3 Å². The Morgan fingerprint density at radius 1 is 1.53 bits per heavy atom. The predicted molar refractivity (Wildman–Crippen MR) is 65.6 cm³/mol. The van der Waals surface area contributed by atoms with Crippen molar-refractivity contribution < 1.29 is 0 Å². The quantitative estimate of drug-likeness (QED) is 0.857. The minimum absolute atomic E-state index is 0.569. The zero-order chi connectivity index (χ0) is 10.8. The largest absolute Gasteiger partial charge is 0.330 e. The molecule has 0 bridgehead atoms. The number of hydrogen-bond donors (Lipinski definition) is 1. The van der Waals surface area contributed by atoms with E-state index in [1.807, 2.05) is 11.3 Å². The highest BCUT2D eigenvalue weighted by Crippen LogP contribution is 2.38.